The summed E-state index contributed by atoms with van der Waals surface area (Å²) in [4.78, 5) is 12.9. The maximum absolute atomic E-state index is 12.9. The molecule has 34 heavy (non-hydrogen) atoms. The van der Waals surface area contributed by atoms with Gasteiger partial charge in [-0.25, -0.2) is 0 Å². The molecule has 3 N–H and O–H groups in total. The Balaban J connectivity index is 1.25. The van der Waals surface area contributed by atoms with Gasteiger partial charge in [0.05, 0.1) is 29.5 Å². The summed E-state index contributed by atoms with van der Waals surface area (Å²) in [5.41, 5.74) is -1.17. The summed E-state index contributed by atoms with van der Waals surface area (Å²) in [5, 5.41) is 33.8. The van der Waals surface area contributed by atoms with Crippen molar-refractivity contribution in [3.8, 4) is 0 Å². The van der Waals surface area contributed by atoms with E-state index < -0.39 is 17.1 Å². The smallest absolute Gasteiger partial charge is 0.138 e. The summed E-state index contributed by atoms with van der Waals surface area (Å²) >= 11 is 0. The van der Waals surface area contributed by atoms with Crippen LogP contribution in [-0.4, -0.2) is 50.6 Å². The van der Waals surface area contributed by atoms with Crippen LogP contribution in [0.5, 0.6) is 0 Å². The van der Waals surface area contributed by atoms with Gasteiger partial charge in [0.25, 0.3) is 0 Å². The van der Waals surface area contributed by atoms with Gasteiger partial charge in [-0.3, -0.25) is 4.79 Å². The summed E-state index contributed by atoms with van der Waals surface area (Å²) in [7, 11) is 0. The van der Waals surface area contributed by atoms with Crippen LogP contribution in [0.1, 0.15) is 98.8 Å². The van der Waals surface area contributed by atoms with E-state index in [-0.39, 0.29) is 51.3 Å². The van der Waals surface area contributed by atoms with Crippen LogP contribution < -0.4 is 0 Å². The summed E-state index contributed by atoms with van der Waals surface area (Å²) in [6.45, 7) is 10.3. The Morgan fingerprint density at radius 2 is 1.62 bits per heavy atom. The minimum absolute atomic E-state index is 0.00217. The Labute approximate surface area is 204 Å². The van der Waals surface area contributed by atoms with Crippen molar-refractivity contribution in [1.82, 2.24) is 0 Å². The number of hydrogen-bond acceptors (Lipinski definition) is 5. The number of ether oxygens (including phenoxy) is 1. The first-order valence-electron chi connectivity index (χ1n) is 14.0. The molecule has 5 heteroatoms. The highest BCUT2D eigenvalue weighted by atomic mass is 16.5. The normalized spacial score (nSPS) is 61.1. The zero-order valence-electron chi connectivity index (χ0n) is 21.7. The molecule has 0 bridgehead atoms. The van der Waals surface area contributed by atoms with Crippen LogP contribution in [0, 0.1) is 44.8 Å². The molecule has 1 aliphatic heterocycles. The van der Waals surface area contributed by atoms with Gasteiger partial charge in [-0.2, -0.15) is 0 Å². The highest BCUT2D eigenvalue weighted by molar-refractivity contribution is 5.86. The highest BCUT2D eigenvalue weighted by Crippen LogP contribution is 2.91. The lowest BCUT2D eigenvalue weighted by Gasteiger charge is -2.70. The first-order chi connectivity index (χ1) is 15.7. The Kier molecular flexibility index (Phi) is 3.99. The molecule has 11 atom stereocenters. The average molecular weight is 473 g/mol. The summed E-state index contributed by atoms with van der Waals surface area (Å²) in [6, 6.07) is 0. The topological polar surface area (TPSA) is 87.0 Å². The molecular weight excluding hydrogens is 428 g/mol. The van der Waals surface area contributed by atoms with Gasteiger partial charge in [0.1, 0.15) is 5.78 Å². The number of carbonyl (C=O) groups excluding carboxylic acids is 1. The van der Waals surface area contributed by atoms with Crippen LogP contribution in [0.3, 0.4) is 0 Å². The molecule has 1 saturated heterocycles. The Morgan fingerprint density at radius 3 is 2.29 bits per heavy atom. The fraction of sp³-hybridized carbons (Fsp3) is 0.966. The molecule has 0 radical (unpaired) electrons. The molecule has 0 aromatic rings. The fourth-order valence-corrected chi connectivity index (χ4v) is 12.5. The van der Waals surface area contributed by atoms with Gasteiger partial charge < -0.3 is 20.1 Å². The fourth-order valence-electron chi connectivity index (χ4n) is 12.5. The Morgan fingerprint density at radius 1 is 0.912 bits per heavy atom. The summed E-state index contributed by atoms with van der Waals surface area (Å²) in [5.74, 6) is 0.963. The van der Waals surface area contributed by atoms with Crippen LogP contribution in [-0.2, 0) is 9.53 Å². The number of ketones is 1. The SMILES string of the molecule is CC(C)(O)[C@@H]1CC[C@@]2(C[C@]34CC[C@@]56C[C@@]57CCC(=O)C(C)(C)[C@@H]7[C@@H](O)C[C@H]6[C@]3(C)C[C@H](O)[C@H]24)O1. The number of Topliss-reactive ketones (excluding diaryl/α,β-unsaturated/α-hetero) is 1. The molecule has 6 aliphatic carbocycles. The second kappa shape index (κ2) is 5.97. The van der Waals surface area contributed by atoms with E-state index in [9.17, 15) is 20.1 Å². The van der Waals surface area contributed by atoms with Crippen LogP contribution in [0.25, 0.3) is 0 Å². The Hall–Kier alpha value is -0.490. The molecule has 5 nitrogen and oxygen atoms in total. The molecular formula is C29H44O5. The molecule has 0 amide bonds. The van der Waals surface area contributed by atoms with Crippen molar-refractivity contribution in [2.45, 2.75) is 128 Å². The predicted octanol–water partition coefficient (Wildman–Crippen LogP) is 4.01. The lowest BCUT2D eigenvalue weighted by molar-refractivity contribution is -0.288. The van der Waals surface area contributed by atoms with Gasteiger partial charge in [0, 0.05) is 23.7 Å². The largest absolute Gasteiger partial charge is 0.393 e. The number of fused-ring (bicyclic) bond motifs is 2. The molecule has 7 aliphatic rings. The van der Waals surface area contributed by atoms with Gasteiger partial charge in [0.2, 0.25) is 0 Å². The van der Waals surface area contributed by atoms with E-state index in [1.54, 1.807) is 0 Å². The van der Waals surface area contributed by atoms with E-state index in [4.69, 9.17) is 4.74 Å². The second-order valence-corrected chi connectivity index (χ2v) is 15.3. The average Bonchev–Trinajstić information content (AvgIpc) is 3.01. The molecule has 0 unspecified atom stereocenters. The standard InChI is InChI=1S/C29H44O5/c1-23(2)19(32)6-8-28-14-26(28)10-11-27-15-29(9-7-20(34-29)24(3,4)33)22(27)17(31)13-25(27,5)18(26)12-16(30)21(23)28/h16-18,20-22,30-31,33H,6-15H2,1-5H3/t16-,17-,18-,20-,21-,22-,25-,26-,27-,28+,29-/m0/s1. The maximum atomic E-state index is 12.9. The summed E-state index contributed by atoms with van der Waals surface area (Å²) in [6.07, 6.45) is 8.49. The van der Waals surface area contributed by atoms with Crippen molar-refractivity contribution < 1.29 is 24.9 Å². The zero-order chi connectivity index (χ0) is 24.3. The van der Waals surface area contributed by atoms with Crippen molar-refractivity contribution in [3.05, 3.63) is 0 Å². The summed E-state index contributed by atoms with van der Waals surface area (Å²) < 4.78 is 6.64. The maximum Gasteiger partial charge on any atom is 0.138 e. The molecule has 6 saturated carbocycles. The third-order valence-electron chi connectivity index (χ3n) is 13.6. The minimum Gasteiger partial charge on any atom is -0.393 e. The van der Waals surface area contributed by atoms with E-state index in [1.807, 2.05) is 13.8 Å². The van der Waals surface area contributed by atoms with Crippen molar-refractivity contribution >= 4 is 5.78 Å². The quantitative estimate of drug-likeness (QED) is 0.537. The van der Waals surface area contributed by atoms with E-state index in [0.29, 0.717) is 18.1 Å². The van der Waals surface area contributed by atoms with Crippen molar-refractivity contribution in [3.63, 3.8) is 0 Å². The molecule has 7 rings (SSSR count). The third kappa shape index (κ3) is 2.16. The van der Waals surface area contributed by atoms with Gasteiger partial charge in [-0.05, 0) is 99.2 Å². The highest BCUT2D eigenvalue weighted by Gasteiger charge is 2.88. The van der Waals surface area contributed by atoms with Crippen LogP contribution >= 0.6 is 0 Å². The van der Waals surface area contributed by atoms with Crippen molar-refractivity contribution in [1.29, 1.82) is 0 Å². The Bertz CT molecular complexity index is 968. The van der Waals surface area contributed by atoms with Crippen molar-refractivity contribution in [2.75, 3.05) is 0 Å². The number of aliphatic hydroxyl groups excluding tert-OH is 2. The number of carbonyl (C=O) groups is 1. The van der Waals surface area contributed by atoms with Crippen LogP contribution in [0.15, 0.2) is 0 Å². The second-order valence-electron chi connectivity index (χ2n) is 15.3. The first kappa shape index (κ1) is 22.7. The van der Waals surface area contributed by atoms with E-state index in [0.717, 1.165) is 51.4 Å². The monoisotopic (exact) mass is 472 g/mol. The lowest BCUT2D eigenvalue weighted by Crippen LogP contribution is -2.69. The molecule has 0 aromatic carbocycles. The number of rotatable bonds is 1. The molecule has 190 valence electrons. The minimum atomic E-state index is -0.857. The van der Waals surface area contributed by atoms with Gasteiger partial charge in [0.15, 0.2) is 0 Å². The van der Waals surface area contributed by atoms with E-state index in [1.165, 1.54) is 6.42 Å². The van der Waals surface area contributed by atoms with Gasteiger partial charge >= 0.3 is 0 Å². The van der Waals surface area contributed by atoms with E-state index in [2.05, 4.69) is 20.8 Å². The molecule has 7 fully saturated rings. The third-order valence-corrected chi connectivity index (χ3v) is 13.6. The van der Waals surface area contributed by atoms with Crippen LogP contribution in [0.4, 0.5) is 0 Å². The van der Waals surface area contributed by atoms with E-state index >= 15 is 0 Å². The molecule has 4 spiro atoms. The van der Waals surface area contributed by atoms with Gasteiger partial charge in [-0.1, -0.05) is 20.8 Å². The lowest BCUT2D eigenvalue weighted by atomic mass is 9.35. The predicted molar refractivity (Wildman–Crippen MR) is 127 cm³/mol. The van der Waals surface area contributed by atoms with Crippen molar-refractivity contribution in [2.24, 2.45) is 44.8 Å². The van der Waals surface area contributed by atoms with Crippen LogP contribution in [0.2, 0.25) is 0 Å². The molecule has 0 aromatic heterocycles. The first-order valence-corrected chi connectivity index (χ1v) is 14.0. The molecule has 1 heterocycles. The zero-order valence-corrected chi connectivity index (χ0v) is 21.7. The van der Waals surface area contributed by atoms with Gasteiger partial charge in [-0.15, -0.1) is 0 Å². The number of hydrogen-bond donors (Lipinski definition) is 3. The number of aliphatic hydroxyl groups is 3.